The van der Waals surface area contributed by atoms with Crippen molar-refractivity contribution >= 4 is 0 Å². The van der Waals surface area contributed by atoms with Crippen molar-refractivity contribution in [2.45, 2.75) is 57.5 Å². The number of rotatable bonds is 9. The van der Waals surface area contributed by atoms with Gasteiger partial charge in [0.05, 0.1) is 11.5 Å². The maximum Gasteiger partial charge on any atom is 0.123 e. The van der Waals surface area contributed by atoms with Crippen molar-refractivity contribution in [3.63, 3.8) is 0 Å². The lowest BCUT2D eigenvalue weighted by Crippen LogP contribution is -2.35. The highest BCUT2D eigenvalue weighted by Crippen LogP contribution is 2.50. The largest absolute Gasteiger partial charge is 0.297 e. The summed E-state index contributed by atoms with van der Waals surface area (Å²) in [6, 6.07) is 20.1. The smallest absolute Gasteiger partial charge is 0.123 e. The number of benzene rings is 2. The normalized spacial score (nSPS) is 17.3. The molecule has 2 aromatic rings. The average Bonchev–Trinajstić information content (AvgIpc) is 3.54. The molecule has 0 amide bonds. The van der Waals surface area contributed by atoms with E-state index in [4.69, 9.17) is 0 Å². The number of nitrogens with zero attached hydrogens (tertiary/aromatic N) is 2. The van der Waals surface area contributed by atoms with Gasteiger partial charge < -0.3 is 0 Å². The van der Waals surface area contributed by atoms with Gasteiger partial charge in [-0.15, -0.1) is 0 Å². The highest BCUT2D eigenvalue weighted by atomic mass is 19.1. The van der Waals surface area contributed by atoms with Crippen LogP contribution in [-0.4, -0.2) is 17.5 Å². The van der Waals surface area contributed by atoms with E-state index < -0.39 is 5.41 Å². The van der Waals surface area contributed by atoms with Crippen LogP contribution >= 0.6 is 0 Å². The Morgan fingerprint density at radius 1 is 1.15 bits per heavy atom. The summed E-state index contributed by atoms with van der Waals surface area (Å²) >= 11 is 0. The van der Waals surface area contributed by atoms with Crippen LogP contribution in [0.25, 0.3) is 0 Å². The van der Waals surface area contributed by atoms with E-state index in [1.807, 2.05) is 18.2 Å². The first-order chi connectivity index (χ1) is 13.1. The molecule has 1 saturated carbocycles. The van der Waals surface area contributed by atoms with Crippen LogP contribution in [0.5, 0.6) is 0 Å². The van der Waals surface area contributed by atoms with Crippen LogP contribution in [0.15, 0.2) is 54.6 Å². The first kappa shape index (κ1) is 19.6. The molecule has 3 heteroatoms. The van der Waals surface area contributed by atoms with Crippen LogP contribution in [0.4, 0.5) is 4.39 Å². The molecule has 0 heterocycles. The van der Waals surface area contributed by atoms with Crippen LogP contribution in [0, 0.1) is 23.1 Å². The molecular weight excluding hydrogens is 335 g/mol. The third-order valence-electron chi connectivity index (χ3n) is 6.05. The molecule has 0 saturated heterocycles. The van der Waals surface area contributed by atoms with Gasteiger partial charge in [0.1, 0.15) is 5.82 Å². The summed E-state index contributed by atoms with van der Waals surface area (Å²) in [5, 5.41) is 10.1. The van der Waals surface area contributed by atoms with E-state index in [1.54, 1.807) is 0 Å². The molecule has 2 aromatic carbocycles. The van der Waals surface area contributed by atoms with Gasteiger partial charge >= 0.3 is 0 Å². The molecule has 0 N–H and O–H groups in total. The monoisotopic (exact) mass is 364 g/mol. The molecule has 2 nitrogen and oxygen atoms in total. The fourth-order valence-corrected chi connectivity index (χ4v) is 4.14. The van der Waals surface area contributed by atoms with Gasteiger partial charge in [0.15, 0.2) is 0 Å². The van der Waals surface area contributed by atoms with Gasteiger partial charge in [0, 0.05) is 12.6 Å². The van der Waals surface area contributed by atoms with Gasteiger partial charge in [0.25, 0.3) is 0 Å². The zero-order chi connectivity index (χ0) is 19.3. The van der Waals surface area contributed by atoms with Crippen molar-refractivity contribution < 1.29 is 4.39 Å². The summed E-state index contributed by atoms with van der Waals surface area (Å²) in [5.41, 5.74) is 1.82. The van der Waals surface area contributed by atoms with Gasteiger partial charge in [-0.25, -0.2) is 4.39 Å². The standard InChI is InChI=1S/C24H29FN2/c1-3-27(17-20-7-5-4-6-8-20)19(2)15-16-24(18-26,21-9-10-21)22-11-13-23(25)14-12-22/h4-8,11-14,19,21H,3,9-10,15-17H2,1-2H3. The van der Waals surface area contributed by atoms with Gasteiger partial charge in [-0.3, -0.25) is 4.90 Å². The summed E-state index contributed by atoms with van der Waals surface area (Å²) in [5.74, 6) is 0.166. The Morgan fingerprint density at radius 2 is 1.81 bits per heavy atom. The second-order valence-electron chi connectivity index (χ2n) is 7.80. The Labute approximate surface area is 162 Å². The lowest BCUT2D eigenvalue weighted by atomic mass is 9.73. The third-order valence-corrected chi connectivity index (χ3v) is 6.05. The van der Waals surface area contributed by atoms with Gasteiger partial charge in [-0.2, -0.15) is 5.26 Å². The molecule has 0 spiro atoms. The minimum Gasteiger partial charge on any atom is -0.297 e. The second kappa shape index (κ2) is 8.67. The fourth-order valence-electron chi connectivity index (χ4n) is 4.14. The van der Waals surface area contributed by atoms with E-state index in [0.717, 1.165) is 44.3 Å². The number of halogens is 1. The van der Waals surface area contributed by atoms with Crippen molar-refractivity contribution in [1.82, 2.24) is 4.90 Å². The summed E-state index contributed by atoms with van der Waals surface area (Å²) in [7, 11) is 0. The number of nitriles is 1. The van der Waals surface area contributed by atoms with Gasteiger partial charge in [-0.1, -0.05) is 49.4 Å². The quantitative estimate of drug-likeness (QED) is 0.572. The zero-order valence-corrected chi connectivity index (χ0v) is 16.4. The SMILES string of the molecule is CCN(Cc1ccccc1)C(C)CCC(C#N)(c1ccc(F)cc1)C1CC1. The molecule has 3 rings (SSSR count). The van der Waals surface area contributed by atoms with Crippen LogP contribution in [0.1, 0.15) is 50.7 Å². The van der Waals surface area contributed by atoms with Gasteiger partial charge in [0.2, 0.25) is 0 Å². The molecule has 0 bridgehead atoms. The van der Waals surface area contributed by atoms with E-state index in [2.05, 4.69) is 49.1 Å². The van der Waals surface area contributed by atoms with E-state index in [1.165, 1.54) is 17.7 Å². The molecule has 142 valence electrons. The van der Waals surface area contributed by atoms with Crippen molar-refractivity contribution in [1.29, 1.82) is 5.26 Å². The maximum absolute atomic E-state index is 13.4. The van der Waals surface area contributed by atoms with Crippen molar-refractivity contribution in [2.24, 2.45) is 5.92 Å². The predicted molar refractivity (Wildman–Crippen MR) is 108 cm³/mol. The highest BCUT2D eigenvalue weighted by Gasteiger charge is 2.46. The molecule has 2 atom stereocenters. The Balaban J connectivity index is 1.71. The third kappa shape index (κ3) is 4.57. The number of hydrogen-bond donors (Lipinski definition) is 0. The lowest BCUT2D eigenvalue weighted by Gasteiger charge is -2.33. The van der Waals surface area contributed by atoms with Gasteiger partial charge in [-0.05, 0) is 68.3 Å². The molecule has 0 aliphatic heterocycles. The molecule has 27 heavy (non-hydrogen) atoms. The highest BCUT2D eigenvalue weighted by molar-refractivity contribution is 5.35. The lowest BCUT2D eigenvalue weighted by molar-refractivity contribution is 0.189. The first-order valence-electron chi connectivity index (χ1n) is 10.0. The minimum absolute atomic E-state index is 0.241. The second-order valence-corrected chi connectivity index (χ2v) is 7.80. The molecular formula is C24H29FN2. The Bertz CT molecular complexity index is 761. The van der Waals surface area contributed by atoms with E-state index >= 15 is 0 Å². The fraction of sp³-hybridized carbons (Fsp3) is 0.458. The predicted octanol–water partition coefficient (Wildman–Crippen LogP) is 5.69. The Morgan fingerprint density at radius 3 is 2.37 bits per heavy atom. The molecule has 2 unspecified atom stereocenters. The topological polar surface area (TPSA) is 27.0 Å². The Kier molecular flexibility index (Phi) is 6.29. The zero-order valence-electron chi connectivity index (χ0n) is 16.4. The first-order valence-corrected chi connectivity index (χ1v) is 10.0. The minimum atomic E-state index is -0.478. The van der Waals surface area contributed by atoms with E-state index in [-0.39, 0.29) is 5.82 Å². The van der Waals surface area contributed by atoms with E-state index in [9.17, 15) is 9.65 Å². The summed E-state index contributed by atoms with van der Waals surface area (Å²) < 4.78 is 13.4. The molecule has 0 aromatic heterocycles. The molecule has 1 aliphatic carbocycles. The van der Waals surface area contributed by atoms with Crippen LogP contribution < -0.4 is 0 Å². The Hall–Kier alpha value is -2.18. The van der Waals surface area contributed by atoms with Crippen LogP contribution in [-0.2, 0) is 12.0 Å². The van der Waals surface area contributed by atoms with Crippen molar-refractivity contribution in [2.75, 3.05) is 6.54 Å². The van der Waals surface area contributed by atoms with Crippen LogP contribution in [0.3, 0.4) is 0 Å². The summed E-state index contributed by atoms with van der Waals surface area (Å²) in [4.78, 5) is 2.47. The summed E-state index contributed by atoms with van der Waals surface area (Å²) in [6.07, 6.45) is 3.98. The van der Waals surface area contributed by atoms with Crippen molar-refractivity contribution in [3.8, 4) is 6.07 Å². The molecule has 1 aliphatic rings. The average molecular weight is 365 g/mol. The molecule has 1 fully saturated rings. The van der Waals surface area contributed by atoms with Crippen LogP contribution in [0.2, 0.25) is 0 Å². The van der Waals surface area contributed by atoms with E-state index in [0.29, 0.717) is 12.0 Å². The summed E-state index contributed by atoms with van der Waals surface area (Å²) in [6.45, 7) is 6.36. The van der Waals surface area contributed by atoms with Crippen molar-refractivity contribution in [3.05, 3.63) is 71.5 Å². The molecule has 0 radical (unpaired) electrons. The maximum atomic E-state index is 13.4. The number of hydrogen-bond acceptors (Lipinski definition) is 2.